The number of imide groups is 1. The number of hydrogen-bond acceptors (Lipinski definition) is 6. The Morgan fingerprint density at radius 3 is 2.56 bits per heavy atom. The zero-order chi connectivity index (χ0) is 25.8. The average molecular weight is 699 g/mol. The van der Waals surface area contributed by atoms with Crippen LogP contribution in [0, 0.1) is 3.57 Å². The van der Waals surface area contributed by atoms with E-state index in [-0.39, 0.29) is 34.0 Å². The maximum Gasteiger partial charge on any atom is 0.345 e. The molecule has 0 saturated carbocycles. The molecule has 184 valence electrons. The Morgan fingerprint density at radius 2 is 1.86 bits per heavy atom. The first-order valence-electron chi connectivity index (χ1n) is 10.7. The van der Waals surface area contributed by atoms with Crippen LogP contribution in [-0.2, 0) is 11.3 Å². The summed E-state index contributed by atoms with van der Waals surface area (Å²) < 4.78 is 12.9. The van der Waals surface area contributed by atoms with Crippen molar-refractivity contribution in [2.75, 3.05) is 6.61 Å². The van der Waals surface area contributed by atoms with Crippen LogP contribution in [0.3, 0.4) is 0 Å². The molecule has 2 amide bonds. The molecule has 0 aliphatic carbocycles. The van der Waals surface area contributed by atoms with Gasteiger partial charge in [0.15, 0.2) is 11.5 Å². The van der Waals surface area contributed by atoms with Gasteiger partial charge in [-0.1, -0.05) is 51.8 Å². The number of rotatable bonds is 7. The number of ether oxygens (including phenoxy) is 2. The molecule has 0 atom stereocenters. The van der Waals surface area contributed by atoms with Gasteiger partial charge in [0.05, 0.1) is 32.2 Å². The van der Waals surface area contributed by atoms with Crippen LogP contribution < -0.4 is 9.47 Å². The highest BCUT2D eigenvalue weighted by Crippen LogP contribution is 2.38. The maximum atomic E-state index is 13.0. The molecule has 1 heterocycles. The van der Waals surface area contributed by atoms with Crippen molar-refractivity contribution in [1.29, 1.82) is 0 Å². The third-order valence-electron chi connectivity index (χ3n) is 5.05. The summed E-state index contributed by atoms with van der Waals surface area (Å²) in [6, 6.07) is 17.5. The molecule has 36 heavy (non-hydrogen) atoms. The lowest BCUT2D eigenvalue weighted by molar-refractivity contribution is -0.123. The summed E-state index contributed by atoms with van der Waals surface area (Å²) in [4.78, 5) is 39.8. The topological polar surface area (TPSA) is 72.9 Å². The van der Waals surface area contributed by atoms with E-state index in [0.717, 1.165) is 21.8 Å². The van der Waals surface area contributed by atoms with Crippen molar-refractivity contribution in [3.63, 3.8) is 0 Å². The summed E-state index contributed by atoms with van der Waals surface area (Å²) in [6.07, 6.45) is 1.64. The van der Waals surface area contributed by atoms with E-state index in [0.29, 0.717) is 26.4 Å². The molecule has 0 spiro atoms. The van der Waals surface area contributed by atoms with Gasteiger partial charge in [0, 0.05) is 4.47 Å². The van der Waals surface area contributed by atoms with Crippen molar-refractivity contribution in [2.24, 2.45) is 0 Å². The minimum Gasteiger partial charge on any atom is -0.490 e. The molecule has 0 N–H and O–H groups in total. The van der Waals surface area contributed by atoms with Crippen molar-refractivity contribution in [1.82, 2.24) is 4.90 Å². The summed E-state index contributed by atoms with van der Waals surface area (Å²) in [6.45, 7) is 2.33. The van der Waals surface area contributed by atoms with E-state index < -0.39 is 5.97 Å². The predicted octanol–water partition coefficient (Wildman–Crippen LogP) is 7.56. The fourth-order valence-electron chi connectivity index (χ4n) is 3.37. The van der Waals surface area contributed by atoms with Gasteiger partial charge in [0.2, 0.25) is 0 Å². The zero-order valence-electron chi connectivity index (χ0n) is 18.8. The van der Waals surface area contributed by atoms with Crippen LogP contribution in [0.1, 0.15) is 28.4 Å². The molecule has 1 fully saturated rings. The van der Waals surface area contributed by atoms with Gasteiger partial charge < -0.3 is 9.47 Å². The summed E-state index contributed by atoms with van der Waals surface area (Å²) >= 11 is 12.4. The van der Waals surface area contributed by atoms with Crippen LogP contribution in [0.2, 0.25) is 5.02 Å². The fraction of sp³-hybridized carbons (Fsp3) is 0.115. The number of carbonyl (C=O) groups excluding carboxylic acids is 3. The molecule has 1 saturated heterocycles. The van der Waals surface area contributed by atoms with E-state index in [1.54, 1.807) is 42.5 Å². The van der Waals surface area contributed by atoms with Gasteiger partial charge in [-0.05, 0) is 94.9 Å². The summed E-state index contributed by atoms with van der Waals surface area (Å²) in [5.41, 5.74) is 1.72. The highest BCUT2D eigenvalue weighted by molar-refractivity contribution is 14.1. The Balaban J connectivity index is 1.59. The van der Waals surface area contributed by atoms with Gasteiger partial charge >= 0.3 is 5.97 Å². The number of halogens is 3. The monoisotopic (exact) mass is 697 g/mol. The molecular formula is C26H18BrClINO5S. The van der Waals surface area contributed by atoms with E-state index >= 15 is 0 Å². The van der Waals surface area contributed by atoms with Crippen LogP contribution in [-0.4, -0.2) is 28.6 Å². The standard InChI is InChI=1S/C26H18BrClINO5S/c1-2-34-21-12-16(11-20(29)23(21)35-25(32)18-5-3-4-6-19(18)28)13-22-24(31)30(26(33)36-22)14-15-7-9-17(27)10-8-15/h3-13H,2,14H2,1H3/b22-13-. The molecule has 3 aromatic carbocycles. The number of amides is 2. The molecule has 0 unspecified atom stereocenters. The third-order valence-corrected chi connectivity index (χ3v) is 7.61. The third kappa shape index (κ3) is 6.13. The second-order valence-corrected chi connectivity index (χ2v) is 11.0. The highest BCUT2D eigenvalue weighted by atomic mass is 127. The second-order valence-electron chi connectivity index (χ2n) is 7.53. The van der Waals surface area contributed by atoms with Gasteiger partial charge in [0.25, 0.3) is 11.1 Å². The number of benzene rings is 3. The number of thioether (sulfide) groups is 1. The predicted molar refractivity (Wildman–Crippen MR) is 152 cm³/mol. The van der Waals surface area contributed by atoms with Crippen LogP contribution in [0.4, 0.5) is 4.79 Å². The Labute approximate surface area is 239 Å². The zero-order valence-corrected chi connectivity index (χ0v) is 24.1. The van der Waals surface area contributed by atoms with Crippen molar-refractivity contribution >= 4 is 85.1 Å². The Hall–Kier alpha value is -2.34. The molecule has 10 heteroatoms. The summed E-state index contributed by atoms with van der Waals surface area (Å²) in [7, 11) is 0. The molecule has 6 nitrogen and oxygen atoms in total. The fourth-order valence-corrected chi connectivity index (χ4v) is 5.42. The van der Waals surface area contributed by atoms with Crippen molar-refractivity contribution in [3.8, 4) is 11.5 Å². The molecule has 0 aromatic heterocycles. The number of esters is 1. The minimum atomic E-state index is -0.610. The Bertz CT molecular complexity index is 1380. The molecular weight excluding hydrogens is 681 g/mol. The normalized spacial score (nSPS) is 14.4. The van der Waals surface area contributed by atoms with E-state index in [1.165, 1.54) is 4.90 Å². The lowest BCUT2D eigenvalue weighted by Gasteiger charge is -2.14. The number of nitrogens with zero attached hydrogens (tertiary/aromatic N) is 1. The minimum absolute atomic E-state index is 0.188. The van der Waals surface area contributed by atoms with E-state index in [9.17, 15) is 14.4 Å². The molecule has 1 aliphatic heterocycles. The van der Waals surface area contributed by atoms with Crippen LogP contribution in [0.15, 0.2) is 70.0 Å². The van der Waals surface area contributed by atoms with Gasteiger partial charge in [-0.3, -0.25) is 14.5 Å². The van der Waals surface area contributed by atoms with Gasteiger partial charge in [0.1, 0.15) is 0 Å². The lowest BCUT2D eigenvalue weighted by atomic mass is 10.1. The maximum absolute atomic E-state index is 13.0. The molecule has 0 radical (unpaired) electrons. The highest BCUT2D eigenvalue weighted by Gasteiger charge is 2.35. The molecule has 3 aromatic rings. The SMILES string of the molecule is CCOc1cc(/C=C2\SC(=O)N(Cc3ccc(Br)cc3)C2=O)cc(I)c1OC(=O)c1ccccc1Cl. The number of carbonyl (C=O) groups is 3. The van der Waals surface area contributed by atoms with Crippen LogP contribution in [0.25, 0.3) is 6.08 Å². The lowest BCUT2D eigenvalue weighted by Crippen LogP contribution is -2.27. The first kappa shape index (κ1) is 26.7. The van der Waals surface area contributed by atoms with Crippen molar-refractivity contribution in [3.05, 3.63) is 95.3 Å². The Kier molecular flexibility index (Phi) is 8.76. The largest absolute Gasteiger partial charge is 0.490 e. The van der Waals surface area contributed by atoms with E-state index in [1.807, 2.05) is 53.8 Å². The first-order chi connectivity index (χ1) is 17.3. The van der Waals surface area contributed by atoms with E-state index in [2.05, 4.69) is 15.9 Å². The average Bonchev–Trinajstić information content (AvgIpc) is 3.10. The van der Waals surface area contributed by atoms with Crippen LogP contribution >= 0.6 is 61.9 Å². The quantitative estimate of drug-likeness (QED) is 0.110. The van der Waals surface area contributed by atoms with Crippen LogP contribution in [0.5, 0.6) is 11.5 Å². The van der Waals surface area contributed by atoms with Gasteiger partial charge in [-0.25, -0.2) is 4.79 Å². The van der Waals surface area contributed by atoms with E-state index in [4.69, 9.17) is 21.1 Å². The summed E-state index contributed by atoms with van der Waals surface area (Å²) in [5, 5.41) is -0.0508. The molecule has 4 rings (SSSR count). The van der Waals surface area contributed by atoms with Gasteiger partial charge in [-0.15, -0.1) is 0 Å². The first-order valence-corrected chi connectivity index (χ1v) is 13.8. The van der Waals surface area contributed by atoms with Crippen molar-refractivity contribution < 1.29 is 23.9 Å². The molecule has 0 bridgehead atoms. The molecule has 1 aliphatic rings. The Morgan fingerprint density at radius 1 is 1.14 bits per heavy atom. The second kappa shape index (κ2) is 11.8. The van der Waals surface area contributed by atoms with Gasteiger partial charge in [-0.2, -0.15) is 0 Å². The smallest absolute Gasteiger partial charge is 0.345 e. The van der Waals surface area contributed by atoms with Crippen molar-refractivity contribution in [2.45, 2.75) is 13.5 Å². The number of hydrogen-bond donors (Lipinski definition) is 0. The summed E-state index contributed by atoms with van der Waals surface area (Å²) in [5.74, 6) is -0.385.